The number of pyridine rings is 1. The molecule has 2 saturated heterocycles. The summed E-state index contributed by atoms with van der Waals surface area (Å²) in [5.41, 5.74) is 2.46. The summed E-state index contributed by atoms with van der Waals surface area (Å²) in [5.74, 6) is 0.673. The molecule has 212 valence electrons. The Morgan fingerprint density at radius 2 is 1.72 bits per heavy atom. The van der Waals surface area contributed by atoms with Crippen molar-refractivity contribution < 1.29 is 17.9 Å². The van der Waals surface area contributed by atoms with E-state index in [1.807, 2.05) is 13.0 Å². The number of nitrogens with one attached hydrogen (secondary N) is 2. The number of hydrogen-bond donors (Lipinski definition) is 2. The van der Waals surface area contributed by atoms with Gasteiger partial charge < -0.3 is 24.8 Å². The van der Waals surface area contributed by atoms with E-state index >= 15 is 0 Å². The second kappa shape index (κ2) is 11.8. The molecular weight excluding hydrogens is 518 g/mol. The molecule has 0 spiro atoms. The number of hydrogen-bond acceptors (Lipinski definition) is 9. The number of carbonyl (C=O) groups excluding carboxylic acids is 1. The Labute approximate surface area is 231 Å². The maximum atomic E-state index is 12.9. The summed E-state index contributed by atoms with van der Waals surface area (Å²) in [4.78, 5) is 26.1. The fraction of sp³-hybridized carbons (Fsp3) is 0.556. The summed E-state index contributed by atoms with van der Waals surface area (Å²) in [6.07, 6.45) is 3.45. The van der Waals surface area contributed by atoms with Crippen LogP contribution < -0.4 is 19.8 Å². The predicted molar refractivity (Wildman–Crippen MR) is 152 cm³/mol. The Hall–Kier alpha value is -2.77. The summed E-state index contributed by atoms with van der Waals surface area (Å²) < 4.78 is 33.9. The Morgan fingerprint density at radius 3 is 2.41 bits per heavy atom. The number of ether oxygens (including phenoxy) is 1. The van der Waals surface area contributed by atoms with Crippen molar-refractivity contribution in [2.45, 2.75) is 36.7 Å². The Bertz CT molecular complexity index is 1260. The lowest BCUT2D eigenvalue weighted by Gasteiger charge is -2.45. The molecule has 5 rings (SSSR count). The van der Waals surface area contributed by atoms with Gasteiger partial charge in [0.05, 0.1) is 22.5 Å². The first-order valence-corrected chi connectivity index (χ1v) is 15.1. The van der Waals surface area contributed by atoms with Gasteiger partial charge in [0.15, 0.2) is 0 Å². The molecule has 2 fully saturated rings. The van der Waals surface area contributed by atoms with Crippen LogP contribution in [0.25, 0.3) is 0 Å². The third-order valence-electron chi connectivity index (χ3n) is 7.94. The van der Waals surface area contributed by atoms with E-state index in [0.29, 0.717) is 32.1 Å². The van der Waals surface area contributed by atoms with Crippen molar-refractivity contribution in [3.05, 3.63) is 36.5 Å². The van der Waals surface area contributed by atoms with Gasteiger partial charge in [-0.05, 0) is 51.1 Å². The highest BCUT2D eigenvalue weighted by Crippen LogP contribution is 2.39. The van der Waals surface area contributed by atoms with Gasteiger partial charge >= 0.3 is 0 Å². The summed E-state index contributed by atoms with van der Waals surface area (Å²) in [6, 6.07) is 8.58. The van der Waals surface area contributed by atoms with E-state index in [2.05, 4.69) is 36.8 Å². The SMILES string of the molecule is CC1C(=O)N(C)c2cnc(Nc3ccc(S(=O)(=O)NCCN4CCN(C)CC4)cc3)cc2N1C1CCOCC1. The molecule has 12 heteroatoms. The topological polar surface area (TPSA) is 110 Å². The van der Waals surface area contributed by atoms with E-state index in [1.165, 1.54) is 0 Å². The van der Waals surface area contributed by atoms with E-state index in [1.54, 1.807) is 42.4 Å². The largest absolute Gasteiger partial charge is 0.381 e. The summed E-state index contributed by atoms with van der Waals surface area (Å²) in [5, 5.41) is 3.30. The number of nitrogens with zero attached hydrogens (tertiary/aromatic N) is 5. The molecule has 0 aliphatic carbocycles. The highest BCUT2D eigenvalue weighted by atomic mass is 32.2. The Morgan fingerprint density at radius 1 is 1.03 bits per heavy atom. The minimum absolute atomic E-state index is 0.0467. The van der Waals surface area contributed by atoms with Crippen LogP contribution in [0.2, 0.25) is 0 Å². The number of benzene rings is 1. The summed E-state index contributed by atoms with van der Waals surface area (Å²) in [6.45, 7) is 8.30. The zero-order valence-electron chi connectivity index (χ0n) is 23.0. The van der Waals surface area contributed by atoms with Gasteiger partial charge in [0.1, 0.15) is 11.9 Å². The number of sulfonamides is 1. The van der Waals surface area contributed by atoms with Crippen LogP contribution in [0, 0.1) is 0 Å². The number of aromatic nitrogens is 1. The third kappa shape index (κ3) is 6.20. The van der Waals surface area contributed by atoms with E-state index in [9.17, 15) is 13.2 Å². The molecule has 0 saturated carbocycles. The van der Waals surface area contributed by atoms with Crippen LogP contribution in [0.15, 0.2) is 41.4 Å². The van der Waals surface area contributed by atoms with Crippen molar-refractivity contribution >= 4 is 38.8 Å². The van der Waals surface area contributed by atoms with Crippen molar-refractivity contribution in [2.75, 3.05) is 81.7 Å². The fourth-order valence-corrected chi connectivity index (χ4v) is 6.55. The average Bonchev–Trinajstić information content (AvgIpc) is 2.94. The Kier molecular flexibility index (Phi) is 8.38. The van der Waals surface area contributed by atoms with E-state index < -0.39 is 10.0 Å². The molecule has 39 heavy (non-hydrogen) atoms. The second-order valence-electron chi connectivity index (χ2n) is 10.6. The number of carbonyl (C=O) groups is 1. The molecule has 1 aromatic heterocycles. The summed E-state index contributed by atoms with van der Waals surface area (Å²) >= 11 is 0. The number of fused-ring (bicyclic) bond motifs is 1. The van der Waals surface area contributed by atoms with Gasteiger partial charge in [-0.3, -0.25) is 9.69 Å². The van der Waals surface area contributed by atoms with Crippen molar-refractivity contribution in [3.8, 4) is 0 Å². The third-order valence-corrected chi connectivity index (χ3v) is 9.42. The van der Waals surface area contributed by atoms with Gasteiger partial charge in [-0.25, -0.2) is 18.1 Å². The molecule has 2 N–H and O–H groups in total. The number of piperazine rings is 1. The molecule has 1 amide bonds. The van der Waals surface area contributed by atoms with Crippen LogP contribution in [0.1, 0.15) is 19.8 Å². The zero-order chi connectivity index (χ0) is 27.6. The molecule has 2 aromatic rings. The van der Waals surface area contributed by atoms with Crippen LogP contribution in [0.3, 0.4) is 0 Å². The lowest BCUT2D eigenvalue weighted by molar-refractivity contribution is -0.119. The van der Waals surface area contributed by atoms with E-state index in [4.69, 9.17) is 4.74 Å². The predicted octanol–water partition coefficient (Wildman–Crippen LogP) is 1.70. The molecule has 3 aliphatic heterocycles. The molecule has 3 aliphatic rings. The maximum Gasteiger partial charge on any atom is 0.249 e. The van der Waals surface area contributed by atoms with Crippen LogP contribution in [-0.4, -0.2) is 108 Å². The standard InChI is InChI=1S/C27H39N7O4S/c1-20-27(35)32(3)25-19-28-26(18-24(25)34(20)22-8-16-38-17-9-22)30-21-4-6-23(7-5-21)39(36,37)29-10-11-33-14-12-31(2)13-15-33/h4-7,18-20,22,29H,8-17H2,1-3H3,(H,28,30). The molecule has 11 nitrogen and oxygen atoms in total. The molecule has 1 atom stereocenters. The van der Waals surface area contributed by atoms with Gasteiger partial charge in [0, 0.05) is 77.3 Å². The number of likely N-dealkylation sites (N-methyl/N-ethyl adjacent to an activating group) is 2. The van der Waals surface area contributed by atoms with Crippen LogP contribution >= 0.6 is 0 Å². The molecule has 0 bridgehead atoms. The summed E-state index contributed by atoms with van der Waals surface area (Å²) in [7, 11) is 0.289. The fourth-order valence-electron chi connectivity index (χ4n) is 5.53. The van der Waals surface area contributed by atoms with Gasteiger partial charge in [-0.1, -0.05) is 0 Å². The number of anilines is 4. The molecular formula is C27H39N7O4S. The van der Waals surface area contributed by atoms with Crippen molar-refractivity contribution in [2.24, 2.45) is 0 Å². The van der Waals surface area contributed by atoms with Gasteiger partial charge in [-0.2, -0.15) is 0 Å². The van der Waals surface area contributed by atoms with Crippen molar-refractivity contribution in [3.63, 3.8) is 0 Å². The molecule has 1 aromatic carbocycles. The Balaban J connectivity index is 1.26. The molecule has 4 heterocycles. The first kappa shape index (κ1) is 27.8. The van der Waals surface area contributed by atoms with Crippen molar-refractivity contribution in [1.82, 2.24) is 19.5 Å². The normalized spacial score (nSPS) is 21.7. The van der Waals surface area contributed by atoms with Crippen LogP contribution in [0.4, 0.5) is 22.9 Å². The van der Waals surface area contributed by atoms with Gasteiger partial charge in [-0.15, -0.1) is 0 Å². The maximum absolute atomic E-state index is 12.9. The first-order chi connectivity index (χ1) is 18.7. The lowest BCUT2D eigenvalue weighted by Crippen LogP contribution is -2.55. The van der Waals surface area contributed by atoms with E-state index in [0.717, 1.165) is 56.1 Å². The average molecular weight is 558 g/mol. The van der Waals surface area contributed by atoms with Gasteiger partial charge in [0.2, 0.25) is 15.9 Å². The number of rotatable bonds is 8. The molecule has 1 unspecified atom stereocenters. The highest BCUT2D eigenvalue weighted by molar-refractivity contribution is 7.89. The van der Waals surface area contributed by atoms with Crippen molar-refractivity contribution in [1.29, 1.82) is 0 Å². The van der Waals surface area contributed by atoms with Gasteiger partial charge in [0.25, 0.3) is 0 Å². The second-order valence-corrected chi connectivity index (χ2v) is 12.3. The highest BCUT2D eigenvalue weighted by Gasteiger charge is 2.38. The minimum atomic E-state index is -3.60. The first-order valence-electron chi connectivity index (χ1n) is 13.6. The zero-order valence-corrected chi connectivity index (χ0v) is 23.8. The molecule has 0 radical (unpaired) electrons. The van der Waals surface area contributed by atoms with Crippen LogP contribution in [0.5, 0.6) is 0 Å². The lowest BCUT2D eigenvalue weighted by atomic mass is 10.00. The quantitative estimate of drug-likeness (QED) is 0.501. The minimum Gasteiger partial charge on any atom is -0.381 e. The van der Waals surface area contributed by atoms with Crippen LogP contribution in [-0.2, 0) is 19.6 Å². The monoisotopic (exact) mass is 557 g/mol. The number of amides is 1. The van der Waals surface area contributed by atoms with E-state index in [-0.39, 0.29) is 22.9 Å². The smallest absolute Gasteiger partial charge is 0.249 e.